The number of fused-ring (bicyclic) bond motifs is 1. The number of amides is 2. The largest absolute Gasteiger partial charge is 0.353 e. The maximum Gasteiger partial charge on any atom is 0.237 e. The van der Waals surface area contributed by atoms with Gasteiger partial charge in [-0.15, -0.1) is 0 Å². The molecule has 106 valence electrons. The normalized spacial score (nSPS) is 22.1. The fourth-order valence-electron chi connectivity index (χ4n) is 2.83. The van der Waals surface area contributed by atoms with E-state index >= 15 is 0 Å². The molecule has 2 aliphatic heterocycles. The molecule has 2 N–H and O–H groups in total. The third-order valence-corrected chi connectivity index (χ3v) is 3.99. The van der Waals surface area contributed by atoms with E-state index in [1.54, 1.807) is 0 Å². The van der Waals surface area contributed by atoms with E-state index in [9.17, 15) is 9.59 Å². The van der Waals surface area contributed by atoms with Crippen molar-refractivity contribution >= 4 is 11.8 Å². The van der Waals surface area contributed by atoms with Crippen molar-refractivity contribution in [1.29, 1.82) is 0 Å². The maximum atomic E-state index is 12.3. The molecular weight excluding hydrogens is 254 g/mol. The number of hydrogen-bond acceptors (Lipinski definition) is 3. The van der Waals surface area contributed by atoms with Gasteiger partial charge in [-0.25, -0.2) is 0 Å². The molecule has 0 saturated carbocycles. The summed E-state index contributed by atoms with van der Waals surface area (Å²) in [7, 11) is 0. The molecular formula is C15H19N3O2. The summed E-state index contributed by atoms with van der Waals surface area (Å²) < 4.78 is 0. The average molecular weight is 273 g/mol. The molecule has 5 heteroatoms. The smallest absolute Gasteiger partial charge is 0.237 e. The van der Waals surface area contributed by atoms with Gasteiger partial charge in [-0.2, -0.15) is 0 Å². The summed E-state index contributed by atoms with van der Waals surface area (Å²) in [5, 5.41) is 5.88. The van der Waals surface area contributed by atoms with Crippen molar-refractivity contribution in [3.8, 4) is 0 Å². The second kappa shape index (κ2) is 5.63. The van der Waals surface area contributed by atoms with Crippen LogP contribution in [0.2, 0.25) is 0 Å². The van der Waals surface area contributed by atoms with Gasteiger partial charge in [0.15, 0.2) is 0 Å². The minimum absolute atomic E-state index is 0.0500. The molecule has 1 aromatic carbocycles. The monoisotopic (exact) mass is 273 g/mol. The van der Waals surface area contributed by atoms with Gasteiger partial charge >= 0.3 is 0 Å². The number of piperazine rings is 1. The van der Waals surface area contributed by atoms with E-state index in [1.807, 2.05) is 17.0 Å². The Kier molecular flexibility index (Phi) is 3.69. The molecule has 0 radical (unpaired) electrons. The van der Waals surface area contributed by atoms with Crippen LogP contribution < -0.4 is 10.6 Å². The minimum atomic E-state index is -0.381. The molecule has 1 aromatic rings. The van der Waals surface area contributed by atoms with Gasteiger partial charge in [0, 0.05) is 26.2 Å². The van der Waals surface area contributed by atoms with Crippen molar-refractivity contribution < 1.29 is 9.59 Å². The second-order valence-corrected chi connectivity index (χ2v) is 5.34. The van der Waals surface area contributed by atoms with Crippen LogP contribution in [0.4, 0.5) is 0 Å². The highest BCUT2D eigenvalue weighted by Crippen LogP contribution is 2.19. The Morgan fingerprint density at radius 2 is 2.05 bits per heavy atom. The molecule has 1 atom stereocenters. The molecule has 2 amide bonds. The Balaban J connectivity index is 1.63. The number of hydrogen-bond donors (Lipinski definition) is 2. The van der Waals surface area contributed by atoms with Gasteiger partial charge < -0.3 is 15.5 Å². The molecule has 0 aliphatic carbocycles. The summed E-state index contributed by atoms with van der Waals surface area (Å²) >= 11 is 0. The number of carbonyl (C=O) groups excluding carboxylic acids is 2. The van der Waals surface area contributed by atoms with Gasteiger partial charge in [0.25, 0.3) is 0 Å². The molecule has 0 unspecified atom stereocenters. The Bertz CT molecular complexity index is 530. The zero-order chi connectivity index (χ0) is 13.9. The van der Waals surface area contributed by atoms with Crippen LogP contribution in [0.3, 0.4) is 0 Å². The van der Waals surface area contributed by atoms with Gasteiger partial charge in [0.1, 0.15) is 0 Å². The van der Waals surface area contributed by atoms with E-state index in [4.69, 9.17) is 0 Å². The SMILES string of the molecule is O=C1NCCN[C@H]1CC(=O)N1CCc2ccccc2C1. The zero-order valence-corrected chi connectivity index (χ0v) is 11.4. The minimum Gasteiger partial charge on any atom is -0.353 e. The van der Waals surface area contributed by atoms with Crippen LogP contribution in [0.15, 0.2) is 24.3 Å². The molecule has 1 fully saturated rings. The molecule has 0 bridgehead atoms. The lowest BCUT2D eigenvalue weighted by Crippen LogP contribution is -2.54. The predicted octanol–water partition coefficient (Wildman–Crippen LogP) is 0.0494. The highest BCUT2D eigenvalue weighted by Gasteiger charge is 2.27. The first-order valence-corrected chi connectivity index (χ1v) is 7.10. The maximum absolute atomic E-state index is 12.3. The van der Waals surface area contributed by atoms with Crippen LogP contribution in [0.25, 0.3) is 0 Å². The third kappa shape index (κ3) is 2.67. The molecule has 1 saturated heterocycles. The lowest BCUT2D eigenvalue weighted by molar-refractivity contribution is -0.136. The molecule has 5 nitrogen and oxygen atoms in total. The summed E-state index contributed by atoms with van der Waals surface area (Å²) in [6.45, 7) is 2.76. The first kappa shape index (κ1) is 13.1. The molecule has 0 aromatic heterocycles. The van der Waals surface area contributed by atoms with Gasteiger partial charge in [-0.1, -0.05) is 24.3 Å². The van der Waals surface area contributed by atoms with Crippen molar-refractivity contribution in [3.63, 3.8) is 0 Å². The Morgan fingerprint density at radius 1 is 1.25 bits per heavy atom. The Hall–Kier alpha value is -1.88. The highest BCUT2D eigenvalue weighted by atomic mass is 16.2. The number of rotatable bonds is 2. The molecule has 3 rings (SSSR count). The average Bonchev–Trinajstić information content (AvgIpc) is 2.49. The van der Waals surface area contributed by atoms with Gasteiger partial charge in [-0.05, 0) is 17.5 Å². The fourth-order valence-corrected chi connectivity index (χ4v) is 2.83. The summed E-state index contributed by atoms with van der Waals surface area (Å²) in [6, 6.07) is 7.84. The third-order valence-electron chi connectivity index (χ3n) is 3.99. The first-order chi connectivity index (χ1) is 9.74. The standard InChI is InChI=1S/C15H19N3O2/c19-14(9-13-15(20)17-7-6-16-13)18-8-5-11-3-1-2-4-12(11)10-18/h1-4,13,16H,5-10H2,(H,17,20)/t13-/m0/s1. The molecule has 0 spiro atoms. The van der Waals surface area contributed by atoms with E-state index < -0.39 is 0 Å². The Morgan fingerprint density at radius 3 is 2.85 bits per heavy atom. The number of carbonyl (C=O) groups is 2. The second-order valence-electron chi connectivity index (χ2n) is 5.34. The van der Waals surface area contributed by atoms with Crippen molar-refractivity contribution in [3.05, 3.63) is 35.4 Å². The quantitative estimate of drug-likeness (QED) is 0.800. The Labute approximate surface area is 118 Å². The lowest BCUT2D eigenvalue weighted by atomic mass is 9.99. The zero-order valence-electron chi connectivity index (χ0n) is 11.4. The summed E-state index contributed by atoms with van der Waals surface area (Å²) in [6.07, 6.45) is 1.14. The van der Waals surface area contributed by atoms with E-state index in [0.29, 0.717) is 13.1 Å². The van der Waals surface area contributed by atoms with Gasteiger partial charge in [0.05, 0.1) is 12.5 Å². The summed E-state index contributed by atoms with van der Waals surface area (Å²) in [5.41, 5.74) is 2.54. The number of benzene rings is 1. The van der Waals surface area contributed by atoms with Crippen LogP contribution in [0, 0.1) is 0 Å². The number of nitrogens with one attached hydrogen (secondary N) is 2. The van der Waals surface area contributed by atoms with Gasteiger partial charge in [0.2, 0.25) is 11.8 Å². The van der Waals surface area contributed by atoms with Crippen molar-refractivity contribution in [2.75, 3.05) is 19.6 Å². The first-order valence-electron chi connectivity index (χ1n) is 7.10. The molecule has 2 aliphatic rings. The number of nitrogens with zero attached hydrogens (tertiary/aromatic N) is 1. The van der Waals surface area contributed by atoms with E-state index in [0.717, 1.165) is 19.5 Å². The van der Waals surface area contributed by atoms with Crippen LogP contribution in [0.5, 0.6) is 0 Å². The van der Waals surface area contributed by atoms with Crippen molar-refractivity contribution in [1.82, 2.24) is 15.5 Å². The summed E-state index contributed by atoms with van der Waals surface area (Å²) in [4.78, 5) is 25.8. The van der Waals surface area contributed by atoms with E-state index in [-0.39, 0.29) is 24.3 Å². The predicted molar refractivity (Wildman–Crippen MR) is 75.0 cm³/mol. The lowest BCUT2D eigenvalue weighted by Gasteiger charge is -2.31. The molecule has 2 heterocycles. The van der Waals surface area contributed by atoms with Crippen LogP contribution in [-0.2, 0) is 22.6 Å². The molecule has 20 heavy (non-hydrogen) atoms. The fraction of sp³-hybridized carbons (Fsp3) is 0.467. The van der Waals surface area contributed by atoms with Gasteiger partial charge in [-0.3, -0.25) is 9.59 Å². The van der Waals surface area contributed by atoms with Crippen LogP contribution >= 0.6 is 0 Å². The van der Waals surface area contributed by atoms with Crippen LogP contribution in [0.1, 0.15) is 17.5 Å². The van der Waals surface area contributed by atoms with Crippen molar-refractivity contribution in [2.45, 2.75) is 25.4 Å². The highest BCUT2D eigenvalue weighted by molar-refractivity contribution is 5.88. The summed E-state index contributed by atoms with van der Waals surface area (Å²) in [5.74, 6) is -0.0175. The van der Waals surface area contributed by atoms with E-state index in [2.05, 4.69) is 22.8 Å². The topological polar surface area (TPSA) is 61.4 Å². The van der Waals surface area contributed by atoms with Crippen molar-refractivity contribution in [2.24, 2.45) is 0 Å². The van der Waals surface area contributed by atoms with E-state index in [1.165, 1.54) is 11.1 Å². The van der Waals surface area contributed by atoms with Crippen LogP contribution in [-0.4, -0.2) is 42.4 Å².